The SMILES string of the molecule is CSc1nc(Cl)cc(Nc2ccccc2OC(F)F)n1. The summed E-state index contributed by atoms with van der Waals surface area (Å²) >= 11 is 7.19. The molecule has 8 heteroatoms. The maximum atomic E-state index is 12.3. The van der Waals surface area contributed by atoms with Gasteiger partial charge in [-0.05, 0) is 18.4 Å². The van der Waals surface area contributed by atoms with Crippen LogP contribution in [0.3, 0.4) is 0 Å². The number of nitrogens with one attached hydrogen (secondary N) is 1. The second kappa shape index (κ2) is 6.71. The molecule has 0 aliphatic carbocycles. The summed E-state index contributed by atoms with van der Waals surface area (Å²) < 4.78 is 29.1. The fourth-order valence-corrected chi connectivity index (χ4v) is 2.07. The first-order chi connectivity index (χ1) is 9.58. The van der Waals surface area contributed by atoms with Gasteiger partial charge >= 0.3 is 6.61 Å². The smallest absolute Gasteiger partial charge is 0.387 e. The summed E-state index contributed by atoms with van der Waals surface area (Å²) in [7, 11) is 0. The Morgan fingerprint density at radius 3 is 2.75 bits per heavy atom. The summed E-state index contributed by atoms with van der Waals surface area (Å²) in [4.78, 5) is 8.17. The van der Waals surface area contributed by atoms with Crippen molar-refractivity contribution in [2.45, 2.75) is 11.8 Å². The summed E-state index contributed by atoms with van der Waals surface area (Å²) in [5, 5.41) is 3.63. The molecule has 0 bridgehead atoms. The van der Waals surface area contributed by atoms with E-state index in [1.807, 2.05) is 6.26 Å². The molecule has 20 heavy (non-hydrogen) atoms. The Morgan fingerprint density at radius 2 is 2.05 bits per heavy atom. The highest BCUT2D eigenvalue weighted by molar-refractivity contribution is 7.98. The summed E-state index contributed by atoms with van der Waals surface area (Å²) in [6, 6.07) is 7.84. The normalized spacial score (nSPS) is 10.7. The van der Waals surface area contributed by atoms with Gasteiger partial charge in [0, 0.05) is 6.07 Å². The van der Waals surface area contributed by atoms with E-state index in [1.165, 1.54) is 23.9 Å². The number of alkyl halides is 2. The Hall–Kier alpha value is -1.60. The molecular formula is C12H10ClF2N3OS. The third-order valence-electron chi connectivity index (χ3n) is 2.22. The number of nitrogens with zero attached hydrogens (tertiary/aromatic N) is 2. The van der Waals surface area contributed by atoms with Crippen molar-refractivity contribution in [2.75, 3.05) is 11.6 Å². The number of rotatable bonds is 5. The van der Waals surface area contributed by atoms with E-state index in [4.69, 9.17) is 11.6 Å². The van der Waals surface area contributed by atoms with E-state index in [0.29, 0.717) is 16.7 Å². The lowest BCUT2D eigenvalue weighted by molar-refractivity contribution is -0.0493. The number of para-hydroxylation sites is 2. The maximum Gasteiger partial charge on any atom is 0.387 e. The highest BCUT2D eigenvalue weighted by Gasteiger charge is 2.10. The molecule has 0 aliphatic rings. The Bertz CT molecular complexity index is 601. The molecule has 0 saturated heterocycles. The van der Waals surface area contributed by atoms with Crippen LogP contribution >= 0.6 is 23.4 Å². The number of ether oxygens (including phenoxy) is 1. The van der Waals surface area contributed by atoms with Crippen molar-refractivity contribution in [3.63, 3.8) is 0 Å². The van der Waals surface area contributed by atoms with E-state index in [2.05, 4.69) is 20.0 Å². The molecule has 0 atom stereocenters. The van der Waals surface area contributed by atoms with Crippen molar-refractivity contribution in [3.05, 3.63) is 35.5 Å². The molecule has 1 aromatic heterocycles. The molecule has 0 aliphatic heterocycles. The van der Waals surface area contributed by atoms with Crippen LogP contribution in [0, 0.1) is 0 Å². The second-order valence-corrected chi connectivity index (χ2v) is 4.72. The zero-order valence-corrected chi connectivity index (χ0v) is 11.9. The third-order valence-corrected chi connectivity index (χ3v) is 2.96. The standard InChI is InChI=1S/C12H10ClF2N3OS/c1-20-12-17-9(13)6-10(18-12)16-7-4-2-3-5-8(7)19-11(14)15/h2-6,11H,1H3,(H,16,17,18). The molecule has 4 nitrogen and oxygen atoms in total. The molecule has 0 radical (unpaired) electrons. The van der Waals surface area contributed by atoms with Crippen molar-refractivity contribution in [2.24, 2.45) is 0 Å². The lowest BCUT2D eigenvalue weighted by Crippen LogP contribution is -2.05. The molecular weight excluding hydrogens is 308 g/mol. The molecule has 0 saturated carbocycles. The van der Waals surface area contributed by atoms with Gasteiger partial charge in [0.1, 0.15) is 16.7 Å². The highest BCUT2D eigenvalue weighted by Crippen LogP contribution is 2.29. The predicted molar refractivity (Wildman–Crippen MR) is 75.2 cm³/mol. The third kappa shape index (κ3) is 3.94. The molecule has 1 heterocycles. The van der Waals surface area contributed by atoms with Crippen molar-refractivity contribution >= 4 is 34.9 Å². The minimum atomic E-state index is -2.89. The van der Waals surface area contributed by atoms with E-state index in [1.54, 1.807) is 18.2 Å². The van der Waals surface area contributed by atoms with Gasteiger partial charge in [-0.1, -0.05) is 35.5 Å². The molecule has 106 valence electrons. The minimum absolute atomic E-state index is 0.0305. The van der Waals surface area contributed by atoms with Crippen LogP contribution in [0.25, 0.3) is 0 Å². The molecule has 0 spiro atoms. The summed E-state index contributed by atoms with van der Waals surface area (Å²) in [6.45, 7) is -2.89. The van der Waals surface area contributed by atoms with Crippen LogP contribution < -0.4 is 10.1 Å². The number of benzene rings is 1. The number of hydrogen-bond acceptors (Lipinski definition) is 5. The van der Waals surface area contributed by atoms with Crippen molar-refractivity contribution in [3.8, 4) is 5.75 Å². The average Bonchev–Trinajstić information content (AvgIpc) is 2.39. The lowest BCUT2D eigenvalue weighted by Gasteiger charge is -2.12. The van der Waals surface area contributed by atoms with E-state index in [0.717, 1.165) is 0 Å². The van der Waals surface area contributed by atoms with Gasteiger partial charge in [-0.25, -0.2) is 9.97 Å². The lowest BCUT2D eigenvalue weighted by atomic mass is 10.3. The van der Waals surface area contributed by atoms with Crippen LogP contribution in [0.2, 0.25) is 5.15 Å². The zero-order valence-electron chi connectivity index (χ0n) is 10.3. The molecule has 0 unspecified atom stereocenters. The molecule has 0 amide bonds. The fourth-order valence-electron chi connectivity index (χ4n) is 1.46. The van der Waals surface area contributed by atoms with E-state index in [9.17, 15) is 8.78 Å². The first-order valence-corrected chi connectivity index (χ1v) is 7.08. The fraction of sp³-hybridized carbons (Fsp3) is 0.167. The highest BCUT2D eigenvalue weighted by atomic mass is 35.5. The molecule has 2 aromatic rings. The van der Waals surface area contributed by atoms with Crippen LogP contribution in [0.4, 0.5) is 20.3 Å². The number of thioether (sulfide) groups is 1. The first kappa shape index (κ1) is 14.8. The number of hydrogen-bond donors (Lipinski definition) is 1. The van der Waals surface area contributed by atoms with Crippen molar-refractivity contribution in [1.82, 2.24) is 9.97 Å². The Kier molecular flexibility index (Phi) is 4.97. The Balaban J connectivity index is 2.27. The van der Waals surface area contributed by atoms with Crippen LogP contribution in [0.15, 0.2) is 35.5 Å². The first-order valence-electron chi connectivity index (χ1n) is 5.48. The van der Waals surface area contributed by atoms with Gasteiger partial charge in [0.15, 0.2) is 5.16 Å². The predicted octanol–water partition coefficient (Wildman–Crippen LogP) is 4.20. The van der Waals surface area contributed by atoms with Crippen LogP contribution in [-0.4, -0.2) is 22.8 Å². The van der Waals surface area contributed by atoms with E-state index >= 15 is 0 Å². The van der Waals surface area contributed by atoms with E-state index in [-0.39, 0.29) is 10.9 Å². The van der Waals surface area contributed by atoms with Gasteiger partial charge in [0.2, 0.25) is 0 Å². The van der Waals surface area contributed by atoms with Gasteiger partial charge in [0.05, 0.1) is 5.69 Å². The van der Waals surface area contributed by atoms with Gasteiger partial charge in [-0.3, -0.25) is 0 Å². The molecule has 1 N–H and O–H groups in total. The molecule has 0 fully saturated rings. The van der Waals surface area contributed by atoms with Crippen LogP contribution in [0.1, 0.15) is 0 Å². The Labute approximate surface area is 123 Å². The van der Waals surface area contributed by atoms with Crippen LogP contribution in [0.5, 0.6) is 5.75 Å². The number of anilines is 2. The van der Waals surface area contributed by atoms with Crippen molar-refractivity contribution < 1.29 is 13.5 Å². The summed E-state index contributed by atoms with van der Waals surface area (Å²) in [5.74, 6) is 0.433. The maximum absolute atomic E-state index is 12.3. The topological polar surface area (TPSA) is 47.0 Å². The summed E-state index contributed by atoms with van der Waals surface area (Å²) in [6.07, 6.45) is 1.81. The van der Waals surface area contributed by atoms with E-state index < -0.39 is 6.61 Å². The van der Waals surface area contributed by atoms with Gasteiger partial charge in [-0.15, -0.1) is 0 Å². The average molecular weight is 318 g/mol. The molecule has 2 rings (SSSR count). The quantitative estimate of drug-likeness (QED) is 0.509. The van der Waals surface area contributed by atoms with Gasteiger partial charge in [-0.2, -0.15) is 8.78 Å². The number of aromatic nitrogens is 2. The monoisotopic (exact) mass is 317 g/mol. The van der Waals surface area contributed by atoms with Crippen LogP contribution in [-0.2, 0) is 0 Å². The molecule has 1 aromatic carbocycles. The van der Waals surface area contributed by atoms with Crippen molar-refractivity contribution in [1.29, 1.82) is 0 Å². The van der Waals surface area contributed by atoms with Gasteiger partial charge in [0.25, 0.3) is 0 Å². The van der Waals surface area contributed by atoms with Gasteiger partial charge < -0.3 is 10.1 Å². The Morgan fingerprint density at radius 1 is 1.30 bits per heavy atom. The largest absolute Gasteiger partial charge is 0.433 e. The second-order valence-electron chi connectivity index (χ2n) is 3.56. The number of halogens is 3. The zero-order chi connectivity index (χ0) is 14.5. The minimum Gasteiger partial charge on any atom is -0.433 e. The summed E-state index contributed by atoms with van der Waals surface area (Å²) in [5.41, 5.74) is 0.370.